The SMILES string of the molecule is CCCCn1cc(Br)c2cc(OC)ccc2c1=O. The molecular weight excluding hydrogens is 294 g/mol. The third kappa shape index (κ3) is 2.43. The second kappa shape index (κ2) is 5.57. The molecule has 0 aliphatic heterocycles. The molecule has 0 saturated carbocycles. The molecule has 0 N–H and O–H groups in total. The predicted octanol–water partition coefficient (Wildman–Crippen LogP) is 3.57. The van der Waals surface area contributed by atoms with E-state index in [9.17, 15) is 4.79 Å². The Kier molecular flexibility index (Phi) is 4.07. The molecule has 2 rings (SSSR count). The van der Waals surface area contributed by atoms with Gasteiger partial charge in [-0.3, -0.25) is 4.79 Å². The van der Waals surface area contributed by atoms with Gasteiger partial charge in [0, 0.05) is 28.0 Å². The van der Waals surface area contributed by atoms with Gasteiger partial charge in [-0.25, -0.2) is 0 Å². The summed E-state index contributed by atoms with van der Waals surface area (Å²) in [5, 5.41) is 1.62. The first-order valence-corrected chi connectivity index (χ1v) is 6.83. The topological polar surface area (TPSA) is 31.2 Å². The molecule has 1 aromatic heterocycles. The number of halogens is 1. The molecule has 0 bridgehead atoms. The fourth-order valence-corrected chi connectivity index (χ4v) is 2.52. The van der Waals surface area contributed by atoms with Crippen molar-refractivity contribution in [3.63, 3.8) is 0 Å². The largest absolute Gasteiger partial charge is 0.497 e. The molecule has 18 heavy (non-hydrogen) atoms. The number of pyridine rings is 1. The molecule has 1 aromatic carbocycles. The molecule has 0 aliphatic carbocycles. The van der Waals surface area contributed by atoms with Gasteiger partial charge in [-0.05, 0) is 40.5 Å². The number of fused-ring (bicyclic) bond motifs is 1. The highest BCUT2D eigenvalue weighted by atomic mass is 79.9. The Labute approximate surface area is 115 Å². The van der Waals surface area contributed by atoms with Gasteiger partial charge in [-0.15, -0.1) is 0 Å². The maximum absolute atomic E-state index is 12.3. The highest BCUT2D eigenvalue weighted by Gasteiger charge is 2.08. The minimum Gasteiger partial charge on any atom is -0.497 e. The highest BCUT2D eigenvalue weighted by molar-refractivity contribution is 9.10. The van der Waals surface area contributed by atoms with E-state index in [0.717, 1.165) is 40.4 Å². The Morgan fingerprint density at radius 1 is 1.33 bits per heavy atom. The van der Waals surface area contributed by atoms with Crippen LogP contribution in [0.1, 0.15) is 19.8 Å². The van der Waals surface area contributed by atoms with Crippen LogP contribution in [0.4, 0.5) is 0 Å². The summed E-state index contributed by atoms with van der Waals surface area (Å²) < 4.78 is 7.87. The van der Waals surface area contributed by atoms with Crippen molar-refractivity contribution in [2.45, 2.75) is 26.3 Å². The van der Waals surface area contributed by atoms with Crippen molar-refractivity contribution in [2.75, 3.05) is 7.11 Å². The number of nitrogens with zero attached hydrogens (tertiary/aromatic N) is 1. The number of aryl methyl sites for hydroxylation is 1. The van der Waals surface area contributed by atoms with Crippen LogP contribution >= 0.6 is 15.9 Å². The summed E-state index contributed by atoms with van der Waals surface area (Å²) in [6, 6.07) is 5.52. The van der Waals surface area contributed by atoms with E-state index >= 15 is 0 Å². The number of ether oxygens (including phenoxy) is 1. The smallest absolute Gasteiger partial charge is 0.258 e. The fourth-order valence-electron chi connectivity index (χ4n) is 1.95. The maximum Gasteiger partial charge on any atom is 0.258 e. The van der Waals surface area contributed by atoms with E-state index in [1.54, 1.807) is 11.7 Å². The Hall–Kier alpha value is -1.29. The lowest BCUT2D eigenvalue weighted by Crippen LogP contribution is -2.19. The van der Waals surface area contributed by atoms with Gasteiger partial charge in [0.05, 0.1) is 7.11 Å². The summed E-state index contributed by atoms with van der Waals surface area (Å²) in [4.78, 5) is 12.3. The Bertz CT molecular complexity index is 619. The summed E-state index contributed by atoms with van der Waals surface area (Å²) in [7, 11) is 1.62. The van der Waals surface area contributed by atoms with Gasteiger partial charge in [0.2, 0.25) is 0 Å². The molecule has 0 saturated heterocycles. The molecule has 0 aliphatic rings. The van der Waals surface area contributed by atoms with Crippen LogP contribution in [-0.2, 0) is 6.54 Å². The number of rotatable bonds is 4. The number of unbranched alkanes of at least 4 members (excludes halogenated alkanes) is 1. The normalized spacial score (nSPS) is 10.8. The van der Waals surface area contributed by atoms with Crippen molar-refractivity contribution in [1.29, 1.82) is 0 Å². The second-order valence-corrected chi connectivity index (χ2v) is 5.09. The zero-order chi connectivity index (χ0) is 13.1. The second-order valence-electron chi connectivity index (χ2n) is 4.24. The molecule has 4 heteroatoms. The van der Waals surface area contributed by atoms with Crippen LogP contribution in [0.15, 0.2) is 33.7 Å². The lowest BCUT2D eigenvalue weighted by atomic mass is 10.1. The average Bonchev–Trinajstić information content (AvgIpc) is 2.40. The predicted molar refractivity (Wildman–Crippen MR) is 77.4 cm³/mol. The van der Waals surface area contributed by atoms with Gasteiger partial charge in [-0.2, -0.15) is 0 Å². The summed E-state index contributed by atoms with van der Waals surface area (Å²) >= 11 is 3.52. The molecular formula is C14H16BrNO2. The first-order valence-electron chi connectivity index (χ1n) is 6.04. The van der Waals surface area contributed by atoms with Gasteiger partial charge in [-0.1, -0.05) is 13.3 Å². The first kappa shape index (κ1) is 13.1. The molecule has 0 fully saturated rings. The van der Waals surface area contributed by atoms with Crippen LogP contribution in [0.2, 0.25) is 0 Å². The van der Waals surface area contributed by atoms with Crippen molar-refractivity contribution < 1.29 is 4.74 Å². The third-order valence-electron chi connectivity index (χ3n) is 3.00. The molecule has 0 amide bonds. The van der Waals surface area contributed by atoms with E-state index in [4.69, 9.17) is 4.74 Å². The van der Waals surface area contributed by atoms with E-state index in [1.807, 2.05) is 24.4 Å². The zero-order valence-electron chi connectivity index (χ0n) is 10.6. The van der Waals surface area contributed by atoms with E-state index in [2.05, 4.69) is 22.9 Å². The van der Waals surface area contributed by atoms with Gasteiger partial charge < -0.3 is 9.30 Å². The van der Waals surface area contributed by atoms with Gasteiger partial charge in [0.25, 0.3) is 5.56 Å². The van der Waals surface area contributed by atoms with Crippen molar-refractivity contribution >= 4 is 26.7 Å². The summed E-state index contributed by atoms with van der Waals surface area (Å²) in [6.07, 6.45) is 3.94. The Morgan fingerprint density at radius 3 is 2.78 bits per heavy atom. The van der Waals surface area contributed by atoms with Gasteiger partial charge in [0.1, 0.15) is 5.75 Å². The van der Waals surface area contributed by atoms with Crippen LogP contribution in [-0.4, -0.2) is 11.7 Å². The highest BCUT2D eigenvalue weighted by Crippen LogP contribution is 2.25. The molecule has 2 aromatic rings. The van der Waals surface area contributed by atoms with Gasteiger partial charge in [0.15, 0.2) is 0 Å². The van der Waals surface area contributed by atoms with E-state index in [-0.39, 0.29) is 5.56 Å². The number of hydrogen-bond donors (Lipinski definition) is 0. The number of aromatic nitrogens is 1. The van der Waals surface area contributed by atoms with Crippen molar-refractivity contribution in [3.05, 3.63) is 39.2 Å². The minimum absolute atomic E-state index is 0.0595. The average molecular weight is 310 g/mol. The zero-order valence-corrected chi connectivity index (χ0v) is 12.2. The summed E-state index contributed by atoms with van der Waals surface area (Å²) in [5.41, 5.74) is 0.0595. The first-order chi connectivity index (χ1) is 8.67. The molecule has 0 atom stereocenters. The maximum atomic E-state index is 12.3. The van der Waals surface area contributed by atoms with Crippen LogP contribution in [0.5, 0.6) is 5.75 Å². The van der Waals surface area contributed by atoms with Crippen molar-refractivity contribution in [2.24, 2.45) is 0 Å². The molecule has 0 radical (unpaired) electrons. The lowest BCUT2D eigenvalue weighted by Gasteiger charge is -2.09. The molecule has 3 nitrogen and oxygen atoms in total. The number of benzene rings is 1. The standard InChI is InChI=1S/C14H16BrNO2/c1-3-4-7-16-9-13(15)12-8-10(18-2)5-6-11(12)14(16)17/h5-6,8-9H,3-4,7H2,1-2H3. The summed E-state index contributed by atoms with van der Waals surface area (Å²) in [6.45, 7) is 2.88. The van der Waals surface area contributed by atoms with Crippen LogP contribution < -0.4 is 10.3 Å². The van der Waals surface area contributed by atoms with Crippen molar-refractivity contribution in [3.8, 4) is 5.75 Å². The monoisotopic (exact) mass is 309 g/mol. The quantitative estimate of drug-likeness (QED) is 0.864. The molecule has 0 unspecified atom stereocenters. The van der Waals surface area contributed by atoms with E-state index in [1.165, 1.54) is 0 Å². The van der Waals surface area contributed by atoms with Crippen molar-refractivity contribution in [1.82, 2.24) is 4.57 Å². The number of methoxy groups -OCH3 is 1. The minimum atomic E-state index is 0.0595. The fraction of sp³-hybridized carbons (Fsp3) is 0.357. The van der Waals surface area contributed by atoms with Crippen LogP contribution in [0.25, 0.3) is 10.8 Å². The summed E-state index contributed by atoms with van der Waals surface area (Å²) in [5.74, 6) is 0.758. The van der Waals surface area contributed by atoms with Crippen LogP contribution in [0, 0.1) is 0 Å². The third-order valence-corrected chi connectivity index (χ3v) is 3.63. The molecule has 96 valence electrons. The van der Waals surface area contributed by atoms with Gasteiger partial charge >= 0.3 is 0 Å². The van der Waals surface area contributed by atoms with E-state index in [0.29, 0.717) is 0 Å². The Morgan fingerprint density at radius 2 is 2.11 bits per heavy atom. The van der Waals surface area contributed by atoms with E-state index < -0.39 is 0 Å². The Balaban J connectivity index is 2.60. The molecule has 1 heterocycles. The molecule has 0 spiro atoms. The van der Waals surface area contributed by atoms with Crippen LogP contribution in [0.3, 0.4) is 0 Å². The number of hydrogen-bond acceptors (Lipinski definition) is 2. The lowest BCUT2D eigenvalue weighted by molar-refractivity contribution is 0.415.